The summed E-state index contributed by atoms with van der Waals surface area (Å²) < 4.78 is 7.33. The fourth-order valence-electron chi connectivity index (χ4n) is 2.55. The Morgan fingerprint density at radius 3 is 2.52 bits per heavy atom. The molecule has 140 valence electrons. The van der Waals surface area contributed by atoms with Crippen LogP contribution >= 0.6 is 0 Å². The van der Waals surface area contributed by atoms with Gasteiger partial charge in [0.05, 0.1) is 12.1 Å². The molecule has 6 nitrogen and oxygen atoms in total. The first kappa shape index (κ1) is 18.6. The Morgan fingerprint density at radius 1 is 1.15 bits per heavy atom. The Kier molecular flexibility index (Phi) is 5.54. The van der Waals surface area contributed by atoms with E-state index in [-0.39, 0.29) is 11.3 Å². The summed E-state index contributed by atoms with van der Waals surface area (Å²) in [6, 6.07) is 13.4. The van der Waals surface area contributed by atoms with Crippen molar-refractivity contribution in [3.05, 3.63) is 72.2 Å². The minimum atomic E-state index is -0.179. The van der Waals surface area contributed by atoms with Crippen LogP contribution in [0.15, 0.2) is 61.1 Å². The Labute approximate surface area is 159 Å². The van der Waals surface area contributed by atoms with Crippen molar-refractivity contribution in [3.8, 4) is 11.6 Å². The molecule has 0 bridgehead atoms. The highest BCUT2D eigenvalue weighted by Crippen LogP contribution is 2.24. The molecule has 0 saturated heterocycles. The summed E-state index contributed by atoms with van der Waals surface area (Å²) in [6.45, 7) is 7.35. The maximum atomic E-state index is 12.2. The van der Waals surface area contributed by atoms with Crippen molar-refractivity contribution in [2.24, 2.45) is 0 Å². The molecule has 3 aromatic rings. The molecule has 27 heavy (non-hydrogen) atoms. The largest absolute Gasteiger partial charge is 0.492 e. The van der Waals surface area contributed by atoms with Crippen molar-refractivity contribution in [2.45, 2.75) is 26.2 Å². The molecule has 1 amide bonds. The van der Waals surface area contributed by atoms with E-state index < -0.39 is 0 Å². The Morgan fingerprint density at radius 2 is 1.93 bits per heavy atom. The molecule has 6 heteroatoms. The van der Waals surface area contributed by atoms with Crippen LogP contribution in [0.25, 0.3) is 5.82 Å². The van der Waals surface area contributed by atoms with Gasteiger partial charge in [-0.1, -0.05) is 32.9 Å². The normalized spacial score (nSPS) is 11.2. The Hall–Kier alpha value is -3.15. The van der Waals surface area contributed by atoms with Crippen molar-refractivity contribution >= 4 is 5.91 Å². The van der Waals surface area contributed by atoms with Crippen LogP contribution in [0.4, 0.5) is 0 Å². The number of rotatable bonds is 6. The Balaban J connectivity index is 1.45. The lowest BCUT2D eigenvalue weighted by Crippen LogP contribution is -2.28. The summed E-state index contributed by atoms with van der Waals surface area (Å²) in [5.41, 5.74) is 1.88. The van der Waals surface area contributed by atoms with Gasteiger partial charge in [0.1, 0.15) is 12.4 Å². The van der Waals surface area contributed by atoms with Crippen LogP contribution < -0.4 is 10.1 Å². The molecule has 0 saturated carbocycles. The van der Waals surface area contributed by atoms with E-state index in [1.54, 1.807) is 35.4 Å². The first-order valence-corrected chi connectivity index (χ1v) is 8.91. The van der Waals surface area contributed by atoms with E-state index in [0.29, 0.717) is 24.5 Å². The number of carbonyl (C=O) groups is 1. The first-order chi connectivity index (χ1) is 12.9. The third kappa shape index (κ3) is 4.94. The predicted molar refractivity (Wildman–Crippen MR) is 104 cm³/mol. The van der Waals surface area contributed by atoms with E-state index in [9.17, 15) is 4.79 Å². The Bertz CT molecular complexity index is 864. The summed E-state index contributed by atoms with van der Waals surface area (Å²) in [5.74, 6) is 1.28. The lowest BCUT2D eigenvalue weighted by atomic mass is 9.87. The van der Waals surface area contributed by atoms with Crippen molar-refractivity contribution in [3.63, 3.8) is 0 Å². The summed E-state index contributed by atoms with van der Waals surface area (Å²) in [7, 11) is 0. The van der Waals surface area contributed by atoms with Crippen LogP contribution in [0.1, 0.15) is 36.7 Å². The number of benzene rings is 1. The van der Waals surface area contributed by atoms with Crippen LogP contribution in [-0.4, -0.2) is 33.8 Å². The van der Waals surface area contributed by atoms with Crippen molar-refractivity contribution in [1.82, 2.24) is 20.1 Å². The molecule has 0 atom stereocenters. The van der Waals surface area contributed by atoms with E-state index in [1.165, 1.54) is 5.56 Å². The lowest BCUT2D eigenvalue weighted by molar-refractivity contribution is 0.0946. The second-order valence-corrected chi connectivity index (χ2v) is 7.23. The summed E-state index contributed by atoms with van der Waals surface area (Å²) in [5, 5.41) is 6.94. The minimum Gasteiger partial charge on any atom is -0.492 e. The maximum Gasteiger partial charge on any atom is 0.252 e. The standard InChI is InChI=1S/C21H24N4O2/c1-21(2,3)17-6-8-18(9-7-17)27-14-12-22-20(26)16-5-10-19(23-15-16)25-13-4-11-24-25/h4-11,13,15H,12,14H2,1-3H3,(H,22,26). The van der Waals surface area contributed by atoms with Crippen molar-refractivity contribution in [1.29, 1.82) is 0 Å². The van der Waals surface area contributed by atoms with Gasteiger partial charge in [-0.2, -0.15) is 5.10 Å². The number of ether oxygens (including phenoxy) is 1. The van der Waals surface area contributed by atoms with Crippen LogP contribution in [-0.2, 0) is 5.41 Å². The molecule has 0 radical (unpaired) electrons. The molecule has 1 N–H and O–H groups in total. The quantitative estimate of drug-likeness (QED) is 0.681. The topological polar surface area (TPSA) is 69.0 Å². The summed E-state index contributed by atoms with van der Waals surface area (Å²) in [6.07, 6.45) is 5.02. The number of amides is 1. The molecule has 0 fully saturated rings. The molecule has 3 rings (SSSR count). The zero-order valence-corrected chi connectivity index (χ0v) is 15.8. The van der Waals surface area contributed by atoms with Gasteiger partial charge in [0.25, 0.3) is 5.91 Å². The van der Waals surface area contributed by atoms with Gasteiger partial charge in [-0.05, 0) is 41.3 Å². The summed E-state index contributed by atoms with van der Waals surface area (Å²) >= 11 is 0. The molecule has 0 aliphatic rings. The van der Waals surface area contributed by atoms with Gasteiger partial charge >= 0.3 is 0 Å². The van der Waals surface area contributed by atoms with Gasteiger partial charge in [-0.15, -0.1) is 0 Å². The van der Waals surface area contributed by atoms with Crippen LogP contribution in [0.2, 0.25) is 0 Å². The number of hydrogen-bond acceptors (Lipinski definition) is 4. The van der Waals surface area contributed by atoms with Crippen molar-refractivity contribution < 1.29 is 9.53 Å². The van der Waals surface area contributed by atoms with Gasteiger partial charge in [0, 0.05) is 18.6 Å². The highest BCUT2D eigenvalue weighted by Gasteiger charge is 2.13. The molecule has 2 aromatic heterocycles. The van der Waals surface area contributed by atoms with Gasteiger partial charge in [0.15, 0.2) is 5.82 Å². The highest BCUT2D eigenvalue weighted by atomic mass is 16.5. The molecule has 0 aliphatic carbocycles. The number of nitrogens with zero attached hydrogens (tertiary/aromatic N) is 3. The first-order valence-electron chi connectivity index (χ1n) is 8.91. The predicted octanol–water partition coefficient (Wildman–Crippen LogP) is 3.37. The van der Waals surface area contributed by atoms with Gasteiger partial charge in [-0.3, -0.25) is 4.79 Å². The monoisotopic (exact) mass is 364 g/mol. The zero-order chi connectivity index (χ0) is 19.3. The summed E-state index contributed by atoms with van der Waals surface area (Å²) in [4.78, 5) is 16.4. The average molecular weight is 364 g/mol. The van der Waals surface area contributed by atoms with Gasteiger partial charge in [-0.25, -0.2) is 9.67 Å². The minimum absolute atomic E-state index is 0.119. The number of nitrogens with one attached hydrogen (secondary N) is 1. The fourth-order valence-corrected chi connectivity index (χ4v) is 2.55. The van der Waals surface area contributed by atoms with Gasteiger partial charge in [0.2, 0.25) is 0 Å². The van der Waals surface area contributed by atoms with E-state index in [4.69, 9.17) is 4.74 Å². The molecular formula is C21H24N4O2. The van der Waals surface area contributed by atoms with Crippen LogP contribution in [0, 0.1) is 0 Å². The van der Waals surface area contributed by atoms with Crippen LogP contribution in [0.3, 0.4) is 0 Å². The van der Waals surface area contributed by atoms with E-state index in [0.717, 1.165) is 5.75 Å². The second kappa shape index (κ2) is 8.03. The van der Waals surface area contributed by atoms with Crippen LogP contribution in [0.5, 0.6) is 5.75 Å². The van der Waals surface area contributed by atoms with E-state index in [2.05, 4.69) is 48.3 Å². The van der Waals surface area contributed by atoms with Gasteiger partial charge < -0.3 is 10.1 Å². The number of pyridine rings is 1. The molecular weight excluding hydrogens is 340 g/mol. The SMILES string of the molecule is CC(C)(C)c1ccc(OCCNC(=O)c2ccc(-n3cccn3)nc2)cc1. The molecule has 0 unspecified atom stereocenters. The van der Waals surface area contributed by atoms with E-state index in [1.807, 2.05) is 18.2 Å². The molecule has 0 spiro atoms. The number of hydrogen-bond donors (Lipinski definition) is 1. The third-order valence-electron chi connectivity index (χ3n) is 4.13. The maximum absolute atomic E-state index is 12.2. The fraction of sp³-hybridized carbons (Fsp3) is 0.286. The zero-order valence-electron chi connectivity index (χ0n) is 15.8. The molecule has 2 heterocycles. The smallest absolute Gasteiger partial charge is 0.252 e. The number of carbonyl (C=O) groups excluding carboxylic acids is 1. The third-order valence-corrected chi connectivity index (χ3v) is 4.13. The average Bonchev–Trinajstić information content (AvgIpc) is 3.20. The molecule has 1 aromatic carbocycles. The highest BCUT2D eigenvalue weighted by molar-refractivity contribution is 5.93. The number of aromatic nitrogens is 3. The second-order valence-electron chi connectivity index (χ2n) is 7.23. The lowest BCUT2D eigenvalue weighted by Gasteiger charge is -2.19. The molecule has 0 aliphatic heterocycles. The van der Waals surface area contributed by atoms with E-state index >= 15 is 0 Å². The van der Waals surface area contributed by atoms with Crippen molar-refractivity contribution in [2.75, 3.05) is 13.2 Å².